The van der Waals surface area contributed by atoms with Gasteiger partial charge < -0.3 is 15.2 Å². The molecule has 1 saturated heterocycles. The number of piperidine rings is 1. The molecule has 34 heavy (non-hydrogen) atoms. The predicted molar refractivity (Wildman–Crippen MR) is 132 cm³/mol. The van der Waals surface area contributed by atoms with Gasteiger partial charge in [0.2, 0.25) is 16.0 Å². The van der Waals surface area contributed by atoms with E-state index >= 15 is 0 Å². The van der Waals surface area contributed by atoms with Crippen molar-refractivity contribution in [3.05, 3.63) is 72.1 Å². The van der Waals surface area contributed by atoms with Crippen LogP contribution in [0.25, 0.3) is 12.2 Å². The molecule has 1 aromatic heterocycles. The standard InChI is InChI=1S/C25H28N4O4S/c1-33-23-4-2-3-19(15-23)5-6-21-16-26-25(27-17-21)28-22-7-9-24(10-8-22)34(31,32)29-13-11-20(18-30)12-14-29/h2-10,15-17,20,30H,11-14,18H2,1H3,(H,26,27,28). The van der Waals surface area contributed by atoms with Crippen LogP contribution in [-0.2, 0) is 10.0 Å². The molecule has 0 atom stereocenters. The monoisotopic (exact) mass is 480 g/mol. The molecule has 2 N–H and O–H groups in total. The number of rotatable bonds is 8. The van der Waals surface area contributed by atoms with E-state index < -0.39 is 10.0 Å². The third kappa shape index (κ3) is 5.80. The number of aliphatic hydroxyl groups excluding tert-OH is 1. The first-order chi connectivity index (χ1) is 16.5. The number of hydrogen-bond acceptors (Lipinski definition) is 7. The van der Waals surface area contributed by atoms with E-state index in [4.69, 9.17) is 4.74 Å². The highest BCUT2D eigenvalue weighted by molar-refractivity contribution is 7.89. The van der Waals surface area contributed by atoms with E-state index in [1.165, 1.54) is 4.31 Å². The van der Waals surface area contributed by atoms with Crippen molar-refractivity contribution in [1.82, 2.24) is 14.3 Å². The Balaban J connectivity index is 1.37. The predicted octanol–water partition coefficient (Wildman–Crippen LogP) is 3.79. The van der Waals surface area contributed by atoms with Crippen LogP contribution in [0.4, 0.5) is 11.6 Å². The fourth-order valence-electron chi connectivity index (χ4n) is 3.75. The summed E-state index contributed by atoms with van der Waals surface area (Å²) in [7, 11) is -1.91. The van der Waals surface area contributed by atoms with E-state index in [0.717, 1.165) is 16.9 Å². The van der Waals surface area contributed by atoms with Crippen molar-refractivity contribution >= 4 is 33.8 Å². The summed E-state index contributed by atoms with van der Waals surface area (Å²) >= 11 is 0. The molecule has 178 valence electrons. The number of aliphatic hydroxyl groups is 1. The quantitative estimate of drug-likeness (QED) is 0.505. The van der Waals surface area contributed by atoms with Gasteiger partial charge in [-0.1, -0.05) is 24.3 Å². The van der Waals surface area contributed by atoms with Gasteiger partial charge in [0, 0.05) is 43.3 Å². The Bertz CT molecular complexity index is 1220. The van der Waals surface area contributed by atoms with Gasteiger partial charge in [0.05, 0.1) is 12.0 Å². The Kier molecular flexibility index (Phi) is 7.56. The van der Waals surface area contributed by atoms with Crippen LogP contribution in [0.15, 0.2) is 65.8 Å². The number of nitrogens with one attached hydrogen (secondary N) is 1. The van der Waals surface area contributed by atoms with Crippen molar-refractivity contribution in [1.29, 1.82) is 0 Å². The lowest BCUT2D eigenvalue weighted by Crippen LogP contribution is -2.39. The summed E-state index contributed by atoms with van der Waals surface area (Å²) in [6, 6.07) is 14.3. The number of methoxy groups -OCH3 is 1. The van der Waals surface area contributed by atoms with Gasteiger partial charge in [0.25, 0.3) is 0 Å². The molecule has 0 aliphatic carbocycles. The summed E-state index contributed by atoms with van der Waals surface area (Å²) in [5.41, 5.74) is 2.55. The molecule has 0 unspecified atom stereocenters. The molecule has 1 aliphatic rings. The van der Waals surface area contributed by atoms with Gasteiger partial charge in [0.15, 0.2) is 0 Å². The van der Waals surface area contributed by atoms with Crippen molar-refractivity contribution in [3.8, 4) is 5.75 Å². The fraction of sp³-hybridized carbons (Fsp3) is 0.280. The first-order valence-corrected chi connectivity index (χ1v) is 12.5. The molecule has 3 aromatic rings. The van der Waals surface area contributed by atoms with Crippen LogP contribution in [0.3, 0.4) is 0 Å². The SMILES string of the molecule is COc1cccc(C=Cc2cnc(Nc3ccc(S(=O)(=O)N4CCC(CO)CC4)cc3)nc2)c1. The zero-order valence-corrected chi connectivity index (χ0v) is 19.8. The average molecular weight is 481 g/mol. The van der Waals surface area contributed by atoms with Crippen LogP contribution in [0.5, 0.6) is 5.75 Å². The highest BCUT2D eigenvalue weighted by Crippen LogP contribution is 2.25. The third-order valence-corrected chi connectivity index (χ3v) is 7.73. The molecule has 1 aliphatic heterocycles. The van der Waals surface area contributed by atoms with Crippen molar-refractivity contribution in [2.24, 2.45) is 5.92 Å². The van der Waals surface area contributed by atoms with Gasteiger partial charge in [-0.2, -0.15) is 4.31 Å². The van der Waals surface area contributed by atoms with Crippen LogP contribution < -0.4 is 10.1 Å². The zero-order valence-electron chi connectivity index (χ0n) is 19.0. The first kappa shape index (κ1) is 23.9. The Morgan fingerprint density at radius 3 is 2.38 bits per heavy atom. The van der Waals surface area contributed by atoms with E-state index in [1.54, 1.807) is 43.8 Å². The van der Waals surface area contributed by atoms with E-state index in [-0.39, 0.29) is 17.4 Å². The lowest BCUT2D eigenvalue weighted by molar-refractivity contribution is 0.170. The van der Waals surface area contributed by atoms with E-state index in [2.05, 4.69) is 15.3 Å². The van der Waals surface area contributed by atoms with Crippen molar-refractivity contribution in [2.45, 2.75) is 17.7 Å². The topological polar surface area (TPSA) is 105 Å². The lowest BCUT2D eigenvalue weighted by Gasteiger charge is -2.30. The van der Waals surface area contributed by atoms with Crippen LogP contribution in [0, 0.1) is 5.92 Å². The highest BCUT2D eigenvalue weighted by Gasteiger charge is 2.29. The van der Waals surface area contributed by atoms with Crippen LogP contribution in [-0.4, -0.2) is 54.6 Å². The Labute approximate surface area is 200 Å². The number of hydrogen-bond donors (Lipinski definition) is 2. The Morgan fingerprint density at radius 1 is 1.06 bits per heavy atom. The summed E-state index contributed by atoms with van der Waals surface area (Å²) in [6.07, 6.45) is 8.65. The lowest BCUT2D eigenvalue weighted by atomic mass is 10.00. The van der Waals surface area contributed by atoms with Gasteiger partial charge >= 0.3 is 0 Å². The minimum Gasteiger partial charge on any atom is -0.497 e. The molecular formula is C25H28N4O4S. The number of benzene rings is 2. The Hall–Kier alpha value is -3.27. The third-order valence-electron chi connectivity index (χ3n) is 5.81. The number of aromatic nitrogens is 2. The maximum absolute atomic E-state index is 12.9. The summed E-state index contributed by atoms with van der Waals surface area (Å²) in [6.45, 7) is 0.968. The van der Waals surface area contributed by atoms with Gasteiger partial charge in [-0.3, -0.25) is 0 Å². The molecule has 0 saturated carbocycles. The highest BCUT2D eigenvalue weighted by atomic mass is 32.2. The molecule has 0 radical (unpaired) electrons. The van der Waals surface area contributed by atoms with E-state index in [0.29, 0.717) is 37.6 Å². The first-order valence-electron chi connectivity index (χ1n) is 11.1. The molecule has 9 heteroatoms. The number of sulfonamides is 1. The van der Waals surface area contributed by atoms with Crippen molar-refractivity contribution in [3.63, 3.8) is 0 Å². The van der Waals surface area contributed by atoms with Crippen LogP contribution in [0.2, 0.25) is 0 Å². The van der Waals surface area contributed by atoms with Crippen molar-refractivity contribution < 1.29 is 18.3 Å². The van der Waals surface area contributed by atoms with Crippen LogP contribution in [0.1, 0.15) is 24.0 Å². The largest absolute Gasteiger partial charge is 0.497 e. The normalized spacial score (nSPS) is 15.5. The van der Waals surface area contributed by atoms with Gasteiger partial charge in [-0.25, -0.2) is 18.4 Å². The van der Waals surface area contributed by atoms with Gasteiger partial charge in [-0.15, -0.1) is 0 Å². The smallest absolute Gasteiger partial charge is 0.243 e. The molecule has 2 heterocycles. The van der Waals surface area contributed by atoms with E-state index in [1.807, 2.05) is 36.4 Å². The van der Waals surface area contributed by atoms with Crippen molar-refractivity contribution in [2.75, 3.05) is 32.1 Å². The number of ether oxygens (including phenoxy) is 1. The molecule has 0 spiro atoms. The van der Waals surface area contributed by atoms with E-state index in [9.17, 15) is 13.5 Å². The summed E-state index contributed by atoms with van der Waals surface area (Å²) < 4.78 is 32.5. The average Bonchev–Trinajstić information content (AvgIpc) is 2.89. The second-order valence-corrected chi connectivity index (χ2v) is 10.1. The summed E-state index contributed by atoms with van der Waals surface area (Å²) in [5.74, 6) is 1.39. The van der Waals surface area contributed by atoms with Gasteiger partial charge in [-0.05, 0) is 60.7 Å². The zero-order chi connectivity index (χ0) is 24.0. The molecule has 0 bridgehead atoms. The molecule has 2 aromatic carbocycles. The second-order valence-electron chi connectivity index (χ2n) is 8.13. The molecule has 1 fully saturated rings. The number of nitrogens with zero attached hydrogens (tertiary/aromatic N) is 3. The minimum atomic E-state index is -3.55. The second kappa shape index (κ2) is 10.8. The maximum atomic E-state index is 12.9. The van der Waals surface area contributed by atoms with Gasteiger partial charge in [0.1, 0.15) is 5.75 Å². The van der Waals surface area contributed by atoms with Crippen LogP contribution >= 0.6 is 0 Å². The minimum absolute atomic E-state index is 0.107. The Morgan fingerprint density at radius 2 is 1.74 bits per heavy atom. The fourth-order valence-corrected chi connectivity index (χ4v) is 5.22. The molecule has 4 rings (SSSR count). The molecular weight excluding hydrogens is 452 g/mol. The number of anilines is 2. The molecule has 8 nitrogen and oxygen atoms in total. The summed E-state index contributed by atoms with van der Waals surface area (Å²) in [4.78, 5) is 8.92. The summed E-state index contributed by atoms with van der Waals surface area (Å²) in [5, 5.41) is 12.4. The maximum Gasteiger partial charge on any atom is 0.243 e. The molecule has 0 amide bonds.